The van der Waals surface area contributed by atoms with Crippen LogP contribution in [0.15, 0.2) is 84.9 Å². The monoisotopic (exact) mass is 343 g/mol. The minimum atomic E-state index is -0.792. The second-order valence-corrected chi connectivity index (χ2v) is 6.13. The Morgan fingerprint density at radius 1 is 0.808 bits per heavy atom. The van der Waals surface area contributed by atoms with Crippen LogP contribution in [0.4, 0.5) is 0 Å². The van der Waals surface area contributed by atoms with Crippen molar-refractivity contribution in [3.63, 3.8) is 0 Å². The summed E-state index contributed by atoms with van der Waals surface area (Å²) in [6.07, 6.45) is -0.578. The van der Waals surface area contributed by atoms with E-state index in [9.17, 15) is 9.59 Å². The van der Waals surface area contributed by atoms with Gasteiger partial charge in [0.15, 0.2) is 11.9 Å². The fraction of sp³-hybridized carbons (Fsp3) is 0.0909. The molecule has 3 aromatic carbocycles. The summed E-state index contributed by atoms with van der Waals surface area (Å²) in [5.74, 6) is 0.0920. The van der Waals surface area contributed by atoms with Crippen LogP contribution in [0.2, 0.25) is 0 Å². The molecule has 4 rings (SSSR count). The van der Waals surface area contributed by atoms with Crippen molar-refractivity contribution >= 4 is 11.7 Å². The van der Waals surface area contributed by atoms with E-state index in [0.717, 1.165) is 5.56 Å². The van der Waals surface area contributed by atoms with E-state index >= 15 is 0 Å². The van der Waals surface area contributed by atoms with E-state index in [0.29, 0.717) is 16.9 Å². The van der Waals surface area contributed by atoms with E-state index < -0.39 is 12.1 Å². The molecule has 1 aliphatic rings. The van der Waals surface area contributed by atoms with E-state index in [2.05, 4.69) is 5.32 Å². The number of fused-ring (bicyclic) bond motifs is 1. The van der Waals surface area contributed by atoms with Gasteiger partial charge in [0.1, 0.15) is 11.8 Å². The summed E-state index contributed by atoms with van der Waals surface area (Å²) in [5.41, 5.74) is 1.83. The zero-order valence-corrected chi connectivity index (χ0v) is 14.0. The standard InChI is InChI=1S/C22H17NO3/c24-20-17-13-7-8-14-18(17)26-21(15-9-3-1-4-10-15)19(20)23-22(25)16-11-5-2-6-12-16/h1-14,19,21H,(H,23,25). The highest BCUT2D eigenvalue weighted by atomic mass is 16.5. The van der Waals surface area contributed by atoms with E-state index in [4.69, 9.17) is 4.74 Å². The first-order chi connectivity index (χ1) is 12.7. The second kappa shape index (κ2) is 6.84. The maximum Gasteiger partial charge on any atom is 0.252 e. The zero-order chi connectivity index (χ0) is 17.9. The molecule has 0 fully saturated rings. The summed E-state index contributed by atoms with van der Waals surface area (Å²) in [6.45, 7) is 0. The molecule has 0 saturated carbocycles. The lowest BCUT2D eigenvalue weighted by atomic mass is 9.91. The summed E-state index contributed by atoms with van der Waals surface area (Å²) in [4.78, 5) is 25.7. The average Bonchev–Trinajstić information content (AvgIpc) is 2.71. The first-order valence-corrected chi connectivity index (χ1v) is 8.45. The first kappa shape index (κ1) is 16.1. The largest absolute Gasteiger partial charge is 0.482 e. The molecule has 0 aliphatic carbocycles. The number of hydrogen-bond acceptors (Lipinski definition) is 3. The SMILES string of the molecule is O=C(NC1C(=O)c2ccccc2OC1c1ccccc1)c1ccccc1. The highest BCUT2D eigenvalue weighted by Crippen LogP contribution is 2.35. The van der Waals surface area contributed by atoms with Crippen molar-refractivity contribution in [1.82, 2.24) is 5.32 Å². The summed E-state index contributed by atoms with van der Waals surface area (Å²) >= 11 is 0. The minimum Gasteiger partial charge on any atom is -0.482 e. The van der Waals surface area contributed by atoms with Gasteiger partial charge in [0.2, 0.25) is 0 Å². The molecular formula is C22H17NO3. The molecule has 3 aromatic rings. The van der Waals surface area contributed by atoms with Crippen molar-refractivity contribution in [2.24, 2.45) is 0 Å². The number of Topliss-reactive ketones (excluding diaryl/α,β-unsaturated/α-hetero) is 1. The lowest BCUT2D eigenvalue weighted by molar-refractivity contribution is 0.0673. The van der Waals surface area contributed by atoms with E-state index in [1.807, 2.05) is 42.5 Å². The van der Waals surface area contributed by atoms with Crippen LogP contribution >= 0.6 is 0 Å². The van der Waals surface area contributed by atoms with Gasteiger partial charge in [0, 0.05) is 5.56 Å². The van der Waals surface area contributed by atoms with E-state index in [-0.39, 0.29) is 11.7 Å². The number of amides is 1. The number of ether oxygens (including phenoxy) is 1. The normalized spacial score (nSPS) is 18.5. The van der Waals surface area contributed by atoms with Crippen LogP contribution in [0.5, 0.6) is 5.75 Å². The lowest BCUT2D eigenvalue weighted by Gasteiger charge is -2.33. The quantitative estimate of drug-likeness (QED) is 0.787. The maximum absolute atomic E-state index is 13.1. The predicted octanol–water partition coefficient (Wildman–Crippen LogP) is 3.80. The molecule has 26 heavy (non-hydrogen) atoms. The third kappa shape index (κ3) is 2.97. The maximum atomic E-state index is 13.1. The number of ketones is 1. The Hall–Kier alpha value is -3.40. The Bertz CT molecular complexity index is 938. The number of hydrogen-bond donors (Lipinski definition) is 1. The van der Waals surface area contributed by atoms with Crippen molar-refractivity contribution < 1.29 is 14.3 Å². The summed E-state index contributed by atoms with van der Waals surface area (Å²) in [6, 6.07) is 24.7. The predicted molar refractivity (Wildman–Crippen MR) is 98.3 cm³/mol. The number of rotatable bonds is 3. The Morgan fingerprint density at radius 2 is 1.42 bits per heavy atom. The molecule has 1 heterocycles. The lowest BCUT2D eigenvalue weighted by Crippen LogP contribution is -2.49. The molecular weight excluding hydrogens is 326 g/mol. The molecule has 1 N–H and O–H groups in total. The molecule has 128 valence electrons. The third-order valence-electron chi connectivity index (χ3n) is 4.44. The minimum absolute atomic E-state index is 0.148. The van der Waals surface area contributed by atoms with Crippen LogP contribution in [0.3, 0.4) is 0 Å². The van der Waals surface area contributed by atoms with Gasteiger partial charge in [-0.25, -0.2) is 0 Å². The molecule has 1 aliphatic heterocycles. The van der Waals surface area contributed by atoms with Gasteiger partial charge in [-0.1, -0.05) is 60.7 Å². The van der Waals surface area contributed by atoms with Gasteiger partial charge in [-0.2, -0.15) is 0 Å². The molecule has 0 saturated heterocycles. The van der Waals surface area contributed by atoms with Crippen molar-refractivity contribution in [2.75, 3.05) is 0 Å². The molecule has 2 unspecified atom stereocenters. The van der Waals surface area contributed by atoms with Crippen LogP contribution in [0.25, 0.3) is 0 Å². The van der Waals surface area contributed by atoms with Gasteiger partial charge in [-0.3, -0.25) is 9.59 Å². The average molecular weight is 343 g/mol. The summed E-state index contributed by atoms with van der Waals surface area (Å²) in [7, 11) is 0. The van der Waals surface area contributed by atoms with Crippen LogP contribution in [0, 0.1) is 0 Å². The highest BCUT2D eigenvalue weighted by molar-refractivity contribution is 6.07. The van der Waals surface area contributed by atoms with Gasteiger partial charge < -0.3 is 10.1 Å². The molecule has 0 radical (unpaired) electrons. The molecule has 0 spiro atoms. The van der Waals surface area contributed by atoms with Crippen molar-refractivity contribution in [2.45, 2.75) is 12.1 Å². The second-order valence-electron chi connectivity index (χ2n) is 6.13. The molecule has 4 heteroatoms. The number of carbonyl (C=O) groups excluding carboxylic acids is 2. The van der Waals surface area contributed by atoms with Gasteiger partial charge in [0.25, 0.3) is 5.91 Å². The molecule has 0 aromatic heterocycles. The van der Waals surface area contributed by atoms with Crippen LogP contribution in [0.1, 0.15) is 32.4 Å². The van der Waals surface area contributed by atoms with Gasteiger partial charge in [-0.05, 0) is 29.8 Å². The number of carbonyl (C=O) groups is 2. The summed E-state index contributed by atoms with van der Waals surface area (Å²) in [5, 5.41) is 2.86. The zero-order valence-electron chi connectivity index (χ0n) is 14.0. The van der Waals surface area contributed by atoms with Gasteiger partial charge in [0.05, 0.1) is 5.56 Å². The Balaban J connectivity index is 1.71. The number of nitrogens with one attached hydrogen (secondary N) is 1. The Kier molecular flexibility index (Phi) is 4.23. The molecule has 0 bridgehead atoms. The van der Waals surface area contributed by atoms with Gasteiger partial charge >= 0.3 is 0 Å². The fourth-order valence-electron chi connectivity index (χ4n) is 3.14. The Morgan fingerprint density at radius 3 is 2.15 bits per heavy atom. The fourth-order valence-corrected chi connectivity index (χ4v) is 3.14. The van der Waals surface area contributed by atoms with Crippen molar-refractivity contribution in [3.8, 4) is 5.75 Å². The van der Waals surface area contributed by atoms with E-state index in [1.165, 1.54) is 0 Å². The van der Waals surface area contributed by atoms with Crippen LogP contribution < -0.4 is 10.1 Å². The van der Waals surface area contributed by atoms with Crippen molar-refractivity contribution in [3.05, 3.63) is 102 Å². The van der Waals surface area contributed by atoms with E-state index in [1.54, 1.807) is 42.5 Å². The Labute approximate surface area is 151 Å². The number of para-hydroxylation sites is 1. The van der Waals surface area contributed by atoms with Gasteiger partial charge in [-0.15, -0.1) is 0 Å². The number of benzene rings is 3. The topological polar surface area (TPSA) is 55.4 Å². The highest BCUT2D eigenvalue weighted by Gasteiger charge is 2.39. The van der Waals surface area contributed by atoms with Crippen molar-refractivity contribution in [1.29, 1.82) is 0 Å². The molecule has 1 amide bonds. The summed E-state index contributed by atoms with van der Waals surface area (Å²) < 4.78 is 6.10. The van der Waals surface area contributed by atoms with Crippen LogP contribution in [-0.4, -0.2) is 17.7 Å². The van der Waals surface area contributed by atoms with Crippen LogP contribution in [-0.2, 0) is 0 Å². The molecule has 4 nitrogen and oxygen atoms in total. The first-order valence-electron chi connectivity index (χ1n) is 8.45. The smallest absolute Gasteiger partial charge is 0.252 e. The molecule has 2 atom stereocenters. The third-order valence-corrected chi connectivity index (χ3v) is 4.44.